The van der Waals surface area contributed by atoms with Gasteiger partial charge in [-0.1, -0.05) is 60.1 Å². The van der Waals surface area contributed by atoms with Crippen LogP contribution >= 0.6 is 24.0 Å². The van der Waals surface area contributed by atoms with Crippen LogP contribution in [0.4, 0.5) is 0 Å². The lowest BCUT2D eigenvalue weighted by Gasteiger charge is -2.34. The van der Waals surface area contributed by atoms with Crippen molar-refractivity contribution in [2.75, 3.05) is 19.7 Å². The number of hydrogen-bond acceptors (Lipinski definition) is 3. The smallest absolute Gasteiger partial charge is 0.224 e. The minimum Gasteiger partial charge on any atom is -0.370 e. The fourth-order valence-electron chi connectivity index (χ4n) is 2.94. The molecule has 4 nitrogen and oxygen atoms in total. The molecule has 2 aromatic carbocycles. The van der Waals surface area contributed by atoms with Gasteiger partial charge in [-0.05, 0) is 11.6 Å². The van der Waals surface area contributed by atoms with Gasteiger partial charge < -0.3 is 15.4 Å². The first-order chi connectivity index (χ1) is 11.6. The van der Waals surface area contributed by atoms with Crippen LogP contribution in [0.15, 0.2) is 54.6 Å². The standard InChI is InChI=1S/C19H21ClN2O2.ClH/c20-16-9-5-4-8-15(16)18-13-22(10-11-24-18)19(23)12-17(21)14-6-2-1-3-7-14;/h1-9,17-18H,10-13,21H2;1H. The van der Waals surface area contributed by atoms with Gasteiger partial charge in [0.05, 0.1) is 13.2 Å². The van der Waals surface area contributed by atoms with E-state index in [0.717, 1.165) is 11.1 Å². The molecule has 1 aliphatic heterocycles. The Labute approximate surface area is 159 Å². The maximum atomic E-state index is 12.6. The summed E-state index contributed by atoms with van der Waals surface area (Å²) >= 11 is 6.25. The molecule has 1 amide bonds. The van der Waals surface area contributed by atoms with Crippen molar-refractivity contribution in [3.8, 4) is 0 Å². The van der Waals surface area contributed by atoms with E-state index in [1.165, 1.54) is 0 Å². The first kappa shape index (κ1) is 19.7. The number of benzene rings is 2. The van der Waals surface area contributed by atoms with Crippen LogP contribution in [0.25, 0.3) is 0 Å². The fourth-order valence-corrected chi connectivity index (χ4v) is 3.19. The summed E-state index contributed by atoms with van der Waals surface area (Å²) in [5.74, 6) is 0.0479. The van der Waals surface area contributed by atoms with Crippen LogP contribution in [0.5, 0.6) is 0 Å². The highest BCUT2D eigenvalue weighted by Crippen LogP contribution is 2.29. The van der Waals surface area contributed by atoms with Crippen LogP contribution in [0.3, 0.4) is 0 Å². The Morgan fingerprint density at radius 3 is 2.60 bits per heavy atom. The molecular formula is C19H22Cl2N2O2. The quantitative estimate of drug-likeness (QED) is 0.878. The second-order valence-corrected chi connectivity index (χ2v) is 6.35. The fraction of sp³-hybridized carbons (Fsp3) is 0.316. The van der Waals surface area contributed by atoms with E-state index < -0.39 is 0 Å². The van der Waals surface area contributed by atoms with Gasteiger partial charge in [0.15, 0.2) is 0 Å². The molecule has 2 unspecified atom stereocenters. The Hall–Kier alpha value is -1.59. The van der Waals surface area contributed by atoms with Crippen LogP contribution in [-0.2, 0) is 9.53 Å². The van der Waals surface area contributed by atoms with E-state index in [1.54, 1.807) is 0 Å². The summed E-state index contributed by atoms with van der Waals surface area (Å²) in [4.78, 5) is 14.4. The van der Waals surface area contributed by atoms with Crippen molar-refractivity contribution in [2.24, 2.45) is 5.73 Å². The molecule has 0 aliphatic carbocycles. The number of rotatable bonds is 4. The number of ether oxygens (including phenoxy) is 1. The summed E-state index contributed by atoms with van der Waals surface area (Å²) in [5, 5.41) is 0.665. The number of nitrogens with zero attached hydrogens (tertiary/aromatic N) is 1. The first-order valence-corrected chi connectivity index (χ1v) is 8.47. The monoisotopic (exact) mass is 380 g/mol. The second kappa shape index (κ2) is 9.20. The minimum atomic E-state index is -0.291. The van der Waals surface area contributed by atoms with E-state index >= 15 is 0 Å². The zero-order valence-corrected chi connectivity index (χ0v) is 15.4. The van der Waals surface area contributed by atoms with Gasteiger partial charge in [-0.3, -0.25) is 4.79 Å². The van der Waals surface area contributed by atoms with E-state index in [1.807, 2.05) is 59.5 Å². The van der Waals surface area contributed by atoms with Crippen LogP contribution in [0.2, 0.25) is 5.02 Å². The van der Waals surface area contributed by atoms with Gasteiger partial charge >= 0.3 is 0 Å². The van der Waals surface area contributed by atoms with Crippen molar-refractivity contribution in [3.05, 3.63) is 70.7 Å². The SMILES string of the molecule is Cl.NC(CC(=O)N1CCOC(c2ccccc2Cl)C1)c1ccccc1. The van der Waals surface area contributed by atoms with Gasteiger partial charge in [-0.2, -0.15) is 0 Å². The normalized spacial score (nSPS) is 18.3. The average Bonchev–Trinajstić information content (AvgIpc) is 2.63. The molecule has 0 saturated carbocycles. The number of morpholine rings is 1. The Morgan fingerprint density at radius 2 is 1.88 bits per heavy atom. The summed E-state index contributed by atoms with van der Waals surface area (Å²) in [6, 6.07) is 17.0. The molecule has 1 heterocycles. The van der Waals surface area contributed by atoms with Crippen LogP contribution in [0.1, 0.15) is 29.7 Å². The molecular weight excluding hydrogens is 359 g/mol. The molecule has 0 radical (unpaired) electrons. The molecule has 1 fully saturated rings. The molecule has 2 N–H and O–H groups in total. The molecule has 3 rings (SSSR count). The number of amides is 1. The number of hydrogen-bond donors (Lipinski definition) is 1. The van der Waals surface area contributed by atoms with Crippen molar-refractivity contribution in [2.45, 2.75) is 18.6 Å². The van der Waals surface area contributed by atoms with E-state index in [4.69, 9.17) is 22.1 Å². The Bertz CT molecular complexity index is 697. The number of carbonyl (C=O) groups excluding carboxylic acids is 1. The third-order valence-electron chi connectivity index (χ3n) is 4.29. The zero-order chi connectivity index (χ0) is 16.9. The van der Waals surface area contributed by atoms with Crippen LogP contribution < -0.4 is 5.73 Å². The van der Waals surface area contributed by atoms with Crippen molar-refractivity contribution >= 4 is 29.9 Å². The largest absolute Gasteiger partial charge is 0.370 e. The van der Waals surface area contributed by atoms with E-state index in [-0.39, 0.29) is 30.5 Å². The van der Waals surface area contributed by atoms with Gasteiger partial charge in [-0.15, -0.1) is 12.4 Å². The first-order valence-electron chi connectivity index (χ1n) is 8.09. The lowest BCUT2D eigenvalue weighted by Crippen LogP contribution is -2.43. The van der Waals surface area contributed by atoms with Gasteiger partial charge in [0.1, 0.15) is 6.10 Å². The van der Waals surface area contributed by atoms with Crippen LogP contribution in [0, 0.1) is 0 Å². The predicted molar refractivity (Wildman–Crippen MR) is 102 cm³/mol. The van der Waals surface area contributed by atoms with Gasteiger partial charge in [0.2, 0.25) is 5.91 Å². The maximum Gasteiger partial charge on any atom is 0.224 e. The summed E-state index contributed by atoms with van der Waals surface area (Å²) in [6.07, 6.45) is 0.101. The second-order valence-electron chi connectivity index (χ2n) is 5.94. The molecule has 134 valence electrons. The van der Waals surface area contributed by atoms with Crippen molar-refractivity contribution in [1.82, 2.24) is 4.90 Å². The predicted octanol–water partition coefficient (Wildman–Crippen LogP) is 3.75. The summed E-state index contributed by atoms with van der Waals surface area (Å²) in [7, 11) is 0. The lowest BCUT2D eigenvalue weighted by molar-refractivity contribution is -0.139. The third-order valence-corrected chi connectivity index (χ3v) is 4.64. The van der Waals surface area contributed by atoms with Crippen LogP contribution in [-0.4, -0.2) is 30.5 Å². The Morgan fingerprint density at radius 1 is 1.20 bits per heavy atom. The van der Waals surface area contributed by atoms with Gasteiger partial charge in [0, 0.05) is 29.6 Å². The Balaban J connectivity index is 0.00000225. The zero-order valence-electron chi connectivity index (χ0n) is 13.8. The van der Waals surface area contributed by atoms with Crippen molar-refractivity contribution < 1.29 is 9.53 Å². The number of nitrogens with two attached hydrogens (primary N) is 1. The lowest BCUT2D eigenvalue weighted by atomic mass is 10.0. The molecule has 2 aromatic rings. The number of halogens is 2. The number of carbonyl (C=O) groups is 1. The molecule has 1 aliphatic rings. The maximum absolute atomic E-state index is 12.6. The highest BCUT2D eigenvalue weighted by molar-refractivity contribution is 6.31. The highest BCUT2D eigenvalue weighted by Gasteiger charge is 2.27. The van der Waals surface area contributed by atoms with Crippen molar-refractivity contribution in [3.63, 3.8) is 0 Å². The molecule has 25 heavy (non-hydrogen) atoms. The average molecular weight is 381 g/mol. The Kier molecular flexibility index (Phi) is 7.26. The summed E-state index contributed by atoms with van der Waals surface area (Å²) in [6.45, 7) is 1.59. The van der Waals surface area contributed by atoms with Crippen molar-refractivity contribution in [1.29, 1.82) is 0 Å². The summed E-state index contributed by atoms with van der Waals surface area (Å²) < 4.78 is 5.81. The van der Waals surface area contributed by atoms with E-state index in [2.05, 4.69) is 0 Å². The summed E-state index contributed by atoms with van der Waals surface area (Å²) in [5.41, 5.74) is 8.07. The molecule has 0 spiro atoms. The molecule has 0 bridgehead atoms. The minimum absolute atomic E-state index is 0. The topological polar surface area (TPSA) is 55.6 Å². The molecule has 2 atom stereocenters. The van der Waals surface area contributed by atoms with Gasteiger partial charge in [-0.25, -0.2) is 0 Å². The highest BCUT2D eigenvalue weighted by atomic mass is 35.5. The van der Waals surface area contributed by atoms with E-state index in [9.17, 15) is 4.79 Å². The molecule has 6 heteroatoms. The van der Waals surface area contributed by atoms with Gasteiger partial charge in [0.25, 0.3) is 0 Å². The van der Waals surface area contributed by atoms with E-state index in [0.29, 0.717) is 31.1 Å². The molecule has 1 saturated heterocycles. The molecule has 0 aromatic heterocycles. The third kappa shape index (κ3) is 4.95.